The number of nitrogens with one attached hydrogen (secondary N) is 2. The Morgan fingerprint density at radius 2 is 1.75 bits per heavy atom. The molecule has 0 radical (unpaired) electrons. The van der Waals surface area contributed by atoms with E-state index in [-0.39, 0.29) is 47.9 Å². The standard InChI is InChI=1S/C17H25F3N4O2S.HI/c1-2-21-16(22-10-9-17(18,19)20)23-13-14-5-7-15(8-6-14)27(25,26)24-11-3-4-12-24;/h5-8H,2-4,9-13H2,1H3,(H2,21,22,23);1H. The second kappa shape index (κ2) is 11.2. The van der Waals surface area contributed by atoms with Gasteiger partial charge in [-0.2, -0.15) is 17.5 Å². The van der Waals surface area contributed by atoms with E-state index < -0.39 is 22.6 Å². The van der Waals surface area contributed by atoms with Crippen LogP contribution in [0.25, 0.3) is 0 Å². The van der Waals surface area contributed by atoms with E-state index in [9.17, 15) is 21.6 Å². The van der Waals surface area contributed by atoms with Gasteiger partial charge in [0, 0.05) is 26.2 Å². The highest BCUT2D eigenvalue weighted by atomic mass is 127. The molecule has 6 nitrogen and oxygen atoms in total. The molecule has 0 spiro atoms. The van der Waals surface area contributed by atoms with Crippen LogP contribution in [0.2, 0.25) is 0 Å². The second-order valence-corrected chi connectivity index (χ2v) is 8.18. The van der Waals surface area contributed by atoms with Gasteiger partial charge >= 0.3 is 6.18 Å². The van der Waals surface area contributed by atoms with Gasteiger partial charge in [0.25, 0.3) is 0 Å². The van der Waals surface area contributed by atoms with Crippen molar-refractivity contribution in [3.8, 4) is 0 Å². The summed E-state index contributed by atoms with van der Waals surface area (Å²) >= 11 is 0. The smallest absolute Gasteiger partial charge is 0.357 e. The number of aliphatic imine (C=N–C) groups is 1. The molecule has 28 heavy (non-hydrogen) atoms. The minimum Gasteiger partial charge on any atom is -0.357 e. The third kappa shape index (κ3) is 7.74. The quantitative estimate of drug-likeness (QED) is 0.321. The number of rotatable bonds is 7. The molecule has 0 unspecified atom stereocenters. The first-order valence-electron chi connectivity index (χ1n) is 8.90. The highest BCUT2D eigenvalue weighted by molar-refractivity contribution is 14.0. The van der Waals surface area contributed by atoms with Crippen molar-refractivity contribution in [3.05, 3.63) is 29.8 Å². The Balaban J connectivity index is 0.00000392. The van der Waals surface area contributed by atoms with E-state index in [1.807, 2.05) is 6.92 Å². The molecule has 0 bridgehead atoms. The minimum atomic E-state index is -4.22. The van der Waals surface area contributed by atoms with Crippen LogP contribution in [-0.2, 0) is 16.6 Å². The lowest BCUT2D eigenvalue weighted by molar-refractivity contribution is -0.132. The summed E-state index contributed by atoms with van der Waals surface area (Å²) in [7, 11) is -3.46. The molecule has 1 aromatic rings. The largest absolute Gasteiger partial charge is 0.390 e. The number of hydrogen-bond acceptors (Lipinski definition) is 3. The van der Waals surface area contributed by atoms with Crippen molar-refractivity contribution >= 4 is 40.0 Å². The summed E-state index contributed by atoms with van der Waals surface area (Å²) in [6.45, 7) is 3.39. The Kier molecular flexibility index (Phi) is 9.98. The average molecular weight is 534 g/mol. The first-order valence-corrected chi connectivity index (χ1v) is 10.3. The molecule has 1 heterocycles. The van der Waals surface area contributed by atoms with Gasteiger partial charge in [-0.05, 0) is 37.5 Å². The molecule has 0 atom stereocenters. The summed E-state index contributed by atoms with van der Waals surface area (Å²) in [6.07, 6.45) is -3.41. The van der Waals surface area contributed by atoms with Gasteiger partial charge < -0.3 is 10.6 Å². The van der Waals surface area contributed by atoms with Gasteiger partial charge in [0.1, 0.15) is 0 Å². The van der Waals surface area contributed by atoms with Crippen LogP contribution in [0.15, 0.2) is 34.2 Å². The zero-order chi connectivity index (χ0) is 19.9. The van der Waals surface area contributed by atoms with E-state index >= 15 is 0 Å². The van der Waals surface area contributed by atoms with Crippen molar-refractivity contribution in [3.63, 3.8) is 0 Å². The van der Waals surface area contributed by atoms with Crippen molar-refractivity contribution in [2.75, 3.05) is 26.2 Å². The Bertz CT molecular complexity index is 734. The van der Waals surface area contributed by atoms with Crippen molar-refractivity contribution in [1.82, 2.24) is 14.9 Å². The fraction of sp³-hybridized carbons (Fsp3) is 0.588. The van der Waals surface area contributed by atoms with Gasteiger partial charge in [0.15, 0.2) is 5.96 Å². The molecule has 0 saturated carbocycles. The van der Waals surface area contributed by atoms with E-state index in [1.165, 1.54) is 4.31 Å². The highest BCUT2D eigenvalue weighted by Crippen LogP contribution is 2.21. The molecule has 1 fully saturated rings. The topological polar surface area (TPSA) is 73.8 Å². The molecule has 2 N–H and O–H groups in total. The Morgan fingerprint density at radius 1 is 1.14 bits per heavy atom. The van der Waals surface area contributed by atoms with Crippen LogP contribution in [-0.4, -0.2) is 51.0 Å². The SMILES string of the molecule is CCNC(=NCc1ccc(S(=O)(=O)N2CCCC2)cc1)NCCC(F)(F)F.I. The number of benzene rings is 1. The maximum absolute atomic E-state index is 12.5. The maximum atomic E-state index is 12.5. The number of nitrogens with zero attached hydrogens (tertiary/aromatic N) is 2. The van der Waals surface area contributed by atoms with E-state index in [1.54, 1.807) is 24.3 Å². The van der Waals surface area contributed by atoms with Gasteiger partial charge in [-0.15, -0.1) is 24.0 Å². The van der Waals surface area contributed by atoms with Crippen LogP contribution < -0.4 is 10.6 Å². The molecular weight excluding hydrogens is 508 g/mol. The van der Waals surface area contributed by atoms with Crippen molar-refractivity contribution in [1.29, 1.82) is 0 Å². The number of halogens is 4. The third-order valence-electron chi connectivity index (χ3n) is 4.09. The maximum Gasteiger partial charge on any atom is 0.390 e. The molecule has 1 saturated heterocycles. The molecule has 0 aromatic heterocycles. The van der Waals surface area contributed by atoms with E-state index in [2.05, 4.69) is 15.6 Å². The van der Waals surface area contributed by atoms with Gasteiger partial charge in [-0.25, -0.2) is 13.4 Å². The molecule has 160 valence electrons. The molecular formula is C17H26F3IN4O2S. The summed E-state index contributed by atoms with van der Waals surface area (Å²) in [4.78, 5) is 4.48. The fourth-order valence-corrected chi connectivity index (χ4v) is 4.20. The second-order valence-electron chi connectivity index (χ2n) is 6.24. The van der Waals surface area contributed by atoms with Gasteiger partial charge in [0.05, 0.1) is 17.9 Å². The van der Waals surface area contributed by atoms with Crippen LogP contribution in [0, 0.1) is 0 Å². The van der Waals surface area contributed by atoms with Crippen LogP contribution in [0.3, 0.4) is 0 Å². The van der Waals surface area contributed by atoms with Crippen LogP contribution in [0.4, 0.5) is 13.2 Å². The van der Waals surface area contributed by atoms with E-state index in [0.717, 1.165) is 18.4 Å². The average Bonchev–Trinajstić information content (AvgIpc) is 3.14. The van der Waals surface area contributed by atoms with Crippen molar-refractivity contribution in [2.45, 2.75) is 43.8 Å². The normalized spacial score (nSPS) is 15.9. The molecule has 0 amide bonds. The van der Waals surface area contributed by atoms with E-state index in [4.69, 9.17) is 0 Å². The lowest BCUT2D eigenvalue weighted by Gasteiger charge is -2.15. The van der Waals surface area contributed by atoms with E-state index in [0.29, 0.717) is 19.6 Å². The first kappa shape index (κ1) is 25.0. The summed E-state index contributed by atoms with van der Waals surface area (Å²) in [5.74, 6) is 0.288. The number of sulfonamides is 1. The molecule has 11 heteroatoms. The molecule has 1 aromatic carbocycles. The van der Waals surface area contributed by atoms with Crippen molar-refractivity contribution < 1.29 is 21.6 Å². The summed E-state index contributed by atoms with van der Waals surface area (Å²) < 4.78 is 63.2. The van der Waals surface area contributed by atoms with Crippen LogP contribution in [0.1, 0.15) is 31.7 Å². The molecule has 2 rings (SSSR count). The summed E-state index contributed by atoms with van der Waals surface area (Å²) in [5, 5.41) is 5.52. The highest BCUT2D eigenvalue weighted by Gasteiger charge is 2.27. The Labute approximate surface area is 181 Å². The van der Waals surface area contributed by atoms with Crippen LogP contribution >= 0.6 is 24.0 Å². The van der Waals surface area contributed by atoms with Crippen molar-refractivity contribution in [2.24, 2.45) is 4.99 Å². The summed E-state index contributed by atoms with van der Waals surface area (Å²) in [6, 6.07) is 6.43. The van der Waals surface area contributed by atoms with Gasteiger partial charge in [0.2, 0.25) is 10.0 Å². The Morgan fingerprint density at radius 3 is 2.29 bits per heavy atom. The molecule has 0 aliphatic carbocycles. The third-order valence-corrected chi connectivity index (χ3v) is 6.00. The minimum absolute atomic E-state index is 0. The van der Waals surface area contributed by atoms with Gasteiger partial charge in [-0.1, -0.05) is 12.1 Å². The molecule has 1 aliphatic rings. The number of hydrogen-bond donors (Lipinski definition) is 2. The van der Waals surface area contributed by atoms with Crippen LogP contribution in [0.5, 0.6) is 0 Å². The predicted octanol–water partition coefficient (Wildman–Crippen LogP) is 3.10. The zero-order valence-electron chi connectivity index (χ0n) is 15.6. The van der Waals surface area contributed by atoms with Gasteiger partial charge in [-0.3, -0.25) is 0 Å². The predicted molar refractivity (Wildman–Crippen MR) is 113 cm³/mol. The lowest BCUT2D eigenvalue weighted by atomic mass is 10.2. The number of alkyl halides is 3. The monoisotopic (exact) mass is 534 g/mol. The number of guanidine groups is 1. The summed E-state index contributed by atoms with van der Waals surface area (Å²) in [5.41, 5.74) is 0.767. The fourth-order valence-electron chi connectivity index (χ4n) is 2.68. The zero-order valence-corrected chi connectivity index (χ0v) is 18.8. The Hall–Kier alpha value is -1.08. The lowest BCUT2D eigenvalue weighted by Crippen LogP contribution is -2.38. The molecule has 1 aliphatic heterocycles. The first-order chi connectivity index (χ1) is 12.7.